The van der Waals surface area contributed by atoms with E-state index in [1.54, 1.807) is 27.7 Å². The molecule has 0 spiro atoms. The van der Waals surface area contributed by atoms with E-state index in [-0.39, 0.29) is 37.8 Å². The van der Waals surface area contributed by atoms with Crippen LogP contribution in [0.5, 0.6) is 0 Å². The molecule has 0 bridgehead atoms. The molecule has 53 heavy (non-hydrogen) atoms. The van der Waals surface area contributed by atoms with E-state index < -0.39 is 101 Å². The Kier molecular flexibility index (Phi) is 18.6. The van der Waals surface area contributed by atoms with Crippen molar-refractivity contribution in [2.24, 2.45) is 17.8 Å². The number of likely N-dealkylation sites (tertiary alicyclic amines) is 1. The van der Waals surface area contributed by atoms with Crippen LogP contribution < -0.4 is 37.2 Å². The maximum atomic E-state index is 13.5. The lowest BCUT2D eigenvalue weighted by molar-refractivity contribution is -0.142. The molecule has 8 amide bonds. The maximum absolute atomic E-state index is 13.5. The number of amides is 8. The zero-order valence-electron chi connectivity index (χ0n) is 32.2. The summed E-state index contributed by atoms with van der Waals surface area (Å²) < 4.78 is 0. The minimum Gasteiger partial charge on any atom is -0.480 e. The molecule has 1 heterocycles. The van der Waals surface area contributed by atoms with Crippen molar-refractivity contribution >= 4 is 53.2 Å². The van der Waals surface area contributed by atoms with E-state index in [4.69, 9.17) is 0 Å². The quantitative estimate of drug-likeness (QED) is 0.0707. The molecule has 1 rings (SSSR count). The third-order valence-electron chi connectivity index (χ3n) is 8.74. The van der Waals surface area contributed by atoms with Gasteiger partial charge < -0.3 is 47.2 Å². The Morgan fingerprint density at radius 1 is 0.792 bits per heavy atom. The number of nitrogens with zero attached hydrogens (tertiary/aromatic N) is 1. The molecule has 18 heteroatoms. The second kappa shape index (κ2) is 21.5. The SMILES string of the molecule is C=C(NC(=O)[C@@H]1CCCN1C(=O)[C@H](CC(C)C)NC(=O)CNC(C)=O)C(=O)N[C@@H](C)C(=O)N[C@H](C(=O)N[C@H](C(=O)N[C@@H](C)C(=O)O)[C@@H](C)CC)C(C)C. The summed E-state index contributed by atoms with van der Waals surface area (Å²) in [6.45, 7) is 18.0. The molecular weight excluding hydrogens is 692 g/mol. The van der Waals surface area contributed by atoms with Crippen molar-refractivity contribution in [2.45, 2.75) is 124 Å². The van der Waals surface area contributed by atoms with Crippen molar-refractivity contribution in [3.63, 3.8) is 0 Å². The fourth-order valence-corrected chi connectivity index (χ4v) is 5.41. The second-order valence-corrected chi connectivity index (χ2v) is 14.2. The topological polar surface area (TPSA) is 261 Å². The summed E-state index contributed by atoms with van der Waals surface area (Å²) >= 11 is 0. The van der Waals surface area contributed by atoms with Crippen molar-refractivity contribution in [1.82, 2.24) is 42.1 Å². The molecule has 1 fully saturated rings. The zero-order chi connectivity index (χ0) is 40.7. The van der Waals surface area contributed by atoms with Gasteiger partial charge in [-0.3, -0.25) is 43.2 Å². The lowest BCUT2D eigenvalue weighted by Gasteiger charge is -2.30. The molecule has 0 aromatic carbocycles. The smallest absolute Gasteiger partial charge is 0.325 e. The van der Waals surface area contributed by atoms with Crippen LogP contribution in [0.4, 0.5) is 0 Å². The average molecular weight is 751 g/mol. The molecule has 1 saturated heterocycles. The maximum Gasteiger partial charge on any atom is 0.325 e. The fourth-order valence-electron chi connectivity index (χ4n) is 5.41. The molecule has 1 aliphatic rings. The summed E-state index contributed by atoms with van der Waals surface area (Å²) in [5.41, 5.74) is -0.396. The van der Waals surface area contributed by atoms with Crippen molar-refractivity contribution < 1.29 is 48.3 Å². The van der Waals surface area contributed by atoms with Crippen LogP contribution in [0, 0.1) is 17.8 Å². The predicted octanol–water partition coefficient (Wildman–Crippen LogP) is -0.960. The highest BCUT2D eigenvalue weighted by Gasteiger charge is 2.39. The summed E-state index contributed by atoms with van der Waals surface area (Å²) in [5.74, 6) is -7.24. The van der Waals surface area contributed by atoms with Crippen LogP contribution in [0.1, 0.15) is 88.0 Å². The highest BCUT2D eigenvalue weighted by Crippen LogP contribution is 2.21. The first-order chi connectivity index (χ1) is 24.6. The summed E-state index contributed by atoms with van der Waals surface area (Å²) in [6, 6.07) is -6.55. The number of hydrogen-bond acceptors (Lipinski definition) is 9. The Morgan fingerprint density at radius 2 is 1.38 bits per heavy atom. The summed E-state index contributed by atoms with van der Waals surface area (Å²) in [4.78, 5) is 115. The lowest BCUT2D eigenvalue weighted by Crippen LogP contribution is -2.60. The third-order valence-corrected chi connectivity index (χ3v) is 8.74. The van der Waals surface area contributed by atoms with Crippen LogP contribution in [0.3, 0.4) is 0 Å². The van der Waals surface area contributed by atoms with Crippen molar-refractivity contribution in [3.05, 3.63) is 12.3 Å². The Balaban J connectivity index is 2.92. The number of hydrogen-bond donors (Lipinski definition) is 8. The predicted molar refractivity (Wildman–Crippen MR) is 193 cm³/mol. The minimum absolute atomic E-state index is 0.00953. The van der Waals surface area contributed by atoms with Crippen LogP contribution in [-0.2, 0) is 43.2 Å². The molecule has 0 unspecified atom stereocenters. The molecule has 0 aromatic heterocycles. The lowest BCUT2D eigenvalue weighted by atomic mass is 9.96. The van der Waals surface area contributed by atoms with E-state index in [0.717, 1.165) is 0 Å². The van der Waals surface area contributed by atoms with Gasteiger partial charge in [-0.1, -0.05) is 54.5 Å². The fraction of sp³-hybridized carbons (Fsp3) is 0.686. The Hall–Kier alpha value is -5.03. The number of carbonyl (C=O) groups is 9. The monoisotopic (exact) mass is 750 g/mol. The van der Waals surface area contributed by atoms with Gasteiger partial charge >= 0.3 is 5.97 Å². The molecule has 18 nitrogen and oxygen atoms in total. The van der Waals surface area contributed by atoms with Crippen molar-refractivity contribution in [3.8, 4) is 0 Å². The molecule has 1 aliphatic heterocycles. The molecular formula is C35H58N8O10. The average Bonchev–Trinajstić information content (AvgIpc) is 3.57. The van der Waals surface area contributed by atoms with Crippen molar-refractivity contribution in [2.75, 3.05) is 13.1 Å². The third kappa shape index (κ3) is 14.9. The molecule has 0 saturated carbocycles. The highest BCUT2D eigenvalue weighted by molar-refractivity contribution is 6.02. The Morgan fingerprint density at radius 3 is 1.91 bits per heavy atom. The number of nitrogens with one attached hydrogen (secondary N) is 7. The van der Waals surface area contributed by atoms with Gasteiger partial charge in [-0.05, 0) is 50.9 Å². The first kappa shape index (κ1) is 46.0. The van der Waals surface area contributed by atoms with Crippen molar-refractivity contribution in [1.29, 1.82) is 0 Å². The summed E-state index contributed by atoms with van der Waals surface area (Å²) in [7, 11) is 0. The number of rotatable bonds is 20. The molecule has 0 aliphatic carbocycles. The van der Waals surface area contributed by atoms with Gasteiger partial charge in [-0.15, -0.1) is 0 Å². The standard InChI is InChI=1S/C35H58N8O10/c1-11-19(6)28(33(50)39-22(9)35(52)53)42-32(49)27(18(4)5)41-30(47)21(8)37-29(46)20(7)38-31(48)25-13-12-14-43(25)34(51)24(15-17(2)3)40-26(45)16-36-23(10)44/h17-19,21-22,24-25,27-28H,7,11-16H2,1-6,8-10H3,(H,36,44)(H,37,46)(H,38,48)(H,39,50)(H,40,45)(H,41,47)(H,42,49)(H,52,53)/t19-,21-,22-,24-,25-,27-,28-/m0/s1. The van der Waals surface area contributed by atoms with Crippen LogP contribution >= 0.6 is 0 Å². The van der Waals surface area contributed by atoms with Gasteiger partial charge in [0, 0.05) is 13.5 Å². The number of carboxylic acids is 1. The van der Waals surface area contributed by atoms with Crippen LogP contribution in [0.15, 0.2) is 12.3 Å². The zero-order valence-corrected chi connectivity index (χ0v) is 32.2. The molecule has 7 atom stereocenters. The van der Waals surface area contributed by atoms with Gasteiger partial charge in [0.25, 0.3) is 5.91 Å². The van der Waals surface area contributed by atoms with Gasteiger partial charge in [0.15, 0.2) is 0 Å². The number of carboxylic acid groups (broad SMARTS) is 1. The summed E-state index contributed by atoms with van der Waals surface area (Å²) in [5, 5.41) is 26.5. The van der Waals surface area contributed by atoms with Crippen LogP contribution in [-0.4, -0.2) is 113 Å². The van der Waals surface area contributed by atoms with Crippen LogP contribution in [0.25, 0.3) is 0 Å². The van der Waals surface area contributed by atoms with Gasteiger partial charge in [0.05, 0.1) is 12.2 Å². The number of carbonyl (C=O) groups excluding carboxylic acids is 8. The minimum atomic E-state index is -1.25. The second-order valence-electron chi connectivity index (χ2n) is 14.2. The normalized spacial score (nSPS) is 17.3. The molecule has 0 radical (unpaired) electrons. The van der Waals surface area contributed by atoms with E-state index in [0.29, 0.717) is 12.8 Å². The number of aliphatic carboxylic acids is 1. The largest absolute Gasteiger partial charge is 0.480 e. The van der Waals surface area contributed by atoms with E-state index >= 15 is 0 Å². The van der Waals surface area contributed by atoms with Gasteiger partial charge in [0.1, 0.15) is 36.3 Å². The molecule has 298 valence electrons. The Labute approximate surface area is 310 Å². The first-order valence-corrected chi connectivity index (χ1v) is 17.9. The van der Waals surface area contributed by atoms with Crippen LogP contribution in [0.2, 0.25) is 0 Å². The van der Waals surface area contributed by atoms with E-state index in [2.05, 4.69) is 43.8 Å². The van der Waals surface area contributed by atoms with E-state index in [9.17, 15) is 48.3 Å². The van der Waals surface area contributed by atoms with E-state index in [1.165, 1.54) is 25.7 Å². The molecule has 8 N–H and O–H groups in total. The summed E-state index contributed by atoms with van der Waals surface area (Å²) in [6.07, 6.45) is 1.54. The first-order valence-electron chi connectivity index (χ1n) is 17.9. The van der Waals surface area contributed by atoms with Gasteiger partial charge in [-0.2, -0.15) is 0 Å². The van der Waals surface area contributed by atoms with Gasteiger partial charge in [0.2, 0.25) is 41.4 Å². The highest BCUT2D eigenvalue weighted by atomic mass is 16.4. The molecule has 0 aromatic rings. The Bertz CT molecular complexity index is 1400. The van der Waals surface area contributed by atoms with E-state index in [1.807, 2.05) is 13.8 Å². The van der Waals surface area contributed by atoms with Gasteiger partial charge in [-0.25, -0.2) is 0 Å².